The lowest BCUT2D eigenvalue weighted by atomic mass is 9.88. The highest BCUT2D eigenvalue weighted by Crippen LogP contribution is 2.26. The van der Waals surface area contributed by atoms with Crippen molar-refractivity contribution in [1.82, 2.24) is 9.80 Å². The summed E-state index contributed by atoms with van der Waals surface area (Å²) in [4.78, 5) is 38.6. The maximum absolute atomic E-state index is 12.3. The van der Waals surface area contributed by atoms with Crippen LogP contribution in [0.1, 0.15) is 45.4 Å². The maximum atomic E-state index is 12.3. The van der Waals surface area contributed by atoms with Gasteiger partial charge in [-0.1, -0.05) is 19.8 Å². The normalized spacial score (nSPS) is 27.0. The van der Waals surface area contributed by atoms with E-state index in [0.29, 0.717) is 25.3 Å². The summed E-state index contributed by atoms with van der Waals surface area (Å²) in [5, 5.41) is 9.10. The fraction of sp³-hybridized carbons (Fsp3) is 0.833. The van der Waals surface area contributed by atoms with Crippen LogP contribution in [0.2, 0.25) is 0 Å². The van der Waals surface area contributed by atoms with E-state index in [-0.39, 0.29) is 37.6 Å². The molecule has 3 unspecified atom stereocenters. The molecule has 7 heteroatoms. The van der Waals surface area contributed by atoms with Crippen molar-refractivity contribution in [1.29, 1.82) is 0 Å². The molecule has 142 valence electrons. The number of rotatable bonds is 6. The van der Waals surface area contributed by atoms with E-state index in [4.69, 9.17) is 9.84 Å². The van der Waals surface area contributed by atoms with E-state index in [2.05, 4.69) is 6.92 Å². The van der Waals surface area contributed by atoms with Crippen LogP contribution in [0, 0.1) is 11.8 Å². The zero-order chi connectivity index (χ0) is 18.4. The molecular weight excluding hydrogens is 324 g/mol. The number of nitrogens with zero attached hydrogens (tertiary/aromatic N) is 2. The number of carboxylic acid groups (broad SMARTS) is 1. The van der Waals surface area contributed by atoms with Gasteiger partial charge in [0.15, 0.2) is 0 Å². The summed E-state index contributed by atoms with van der Waals surface area (Å²) in [5.41, 5.74) is 0. The highest BCUT2D eigenvalue weighted by atomic mass is 16.5. The van der Waals surface area contributed by atoms with E-state index in [1.54, 1.807) is 11.9 Å². The summed E-state index contributed by atoms with van der Waals surface area (Å²) < 4.78 is 5.76. The van der Waals surface area contributed by atoms with Crippen molar-refractivity contribution >= 4 is 17.8 Å². The Hall–Kier alpha value is -1.63. The van der Waals surface area contributed by atoms with Crippen LogP contribution in [0.25, 0.3) is 0 Å². The second kappa shape index (κ2) is 9.17. The summed E-state index contributed by atoms with van der Waals surface area (Å²) in [5.74, 6) is -1.31. The van der Waals surface area contributed by atoms with Gasteiger partial charge in [0.05, 0.1) is 18.6 Å². The first kappa shape index (κ1) is 19.7. The van der Waals surface area contributed by atoms with Crippen molar-refractivity contribution in [3.63, 3.8) is 0 Å². The standard InChI is InChI=1S/C18H30N2O5/c1-13-6-3-4-8-15(13)25-12-17(22)19(2)11-16(21)20-9-5-7-14(10-20)18(23)24/h13-15H,3-12H2,1-2H3,(H,23,24). The van der Waals surface area contributed by atoms with E-state index in [1.165, 1.54) is 11.3 Å². The van der Waals surface area contributed by atoms with Crippen molar-refractivity contribution in [2.24, 2.45) is 11.8 Å². The summed E-state index contributed by atoms with van der Waals surface area (Å²) >= 11 is 0. The molecule has 0 bridgehead atoms. The second-order valence-corrected chi connectivity index (χ2v) is 7.38. The number of carbonyl (C=O) groups excluding carboxylic acids is 2. The molecule has 1 saturated heterocycles. The molecule has 2 fully saturated rings. The van der Waals surface area contributed by atoms with E-state index in [1.807, 2.05) is 0 Å². The minimum absolute atomic E-state index is 0.00343. The van der Waals surface area contributed by atoms with Crippen LogP contribution in [0.4, 0.5) is 0 Å². The Bertz CT molecular complexity index is 496. The minimum Gasteiger partial charge on any atom is -0.481 e. The highest BCUT2D eigenvalue weighted by molar-refractivity contribution is 5.85. The quantitative estimate of drug-likeness (QED) is 0.778. The zero-order valence-corrected chi connectivity index (χ0v) is 15.3. The smallest absolute Gasteiger partial charge is 0.308 e. The van der Waals surface area contributed by atoms with Gasteiger partial charge in [-0.2, -0.15) is 0 Å². The lowest BCUT2D eigenvalue weighted by Crippen LogP contribution is -2.47. The van der Waals surface area contributed by atoms with Crippen LogP contribution >= 0.6 is 0 Å². The maximum Gasteiger partial charge on any atom is 0.308 e. The third-order valence-electron chi connectivity index (χ3n) is 5.38. The molecule has 0 aromatic heterocycles. The van der Waals surface area contributed by atoms with Gasteiger partial charge < -0.3 is 19.6 Å². The fourth-order valence-electron chi connectivity index (χ4n) is 3.61. The summed E-state index contributed by atoms with van der Waals surface area (Å²) in [6.07, 6.45) is 5.88. The number of aliphatic carboxylic acids is 1. The number of amides is 2. The number of hydrogen-bond acceptors (Lipinski definition) is 4. The Morgan fingerprint density at radius 1 is 1.16 bits per heavy atom. The van der Waals surface area contributed by atoms with Crippen LogP contribution in [0.5, 0.6) is 0 Å². The molecule has 25 heavy (non-hydrogen) atoms. The van der Waals surface area contributed by atoms with Gasteiger partial charge in [-0.3, -0.25) is 14.4 Å². The molecule has 2 amide bonds. The molecule has 0 spiro atoms. The van der Waals surface area contributed by atoms with Crippen LogP contribution in [0.3, 0.4) is 0 Å². The Labute approximate surface area is 149 Å². The SMILES string of the molecule is CC1CCCCC1OCC(=O)N(C)CC(=O)N1CCCC(C(=O)O)C1. The van der Waals surface area contributed by atoms with Crippen LogP contribution in [0.15, 0.2) is 0 Å². The van der Waals surface area contributed by atoms with Gasteiger partial charge in [-0.25, -0.2) is 0 Å². The lowest BCUT2D eigenvalue weighted by molar-refractivity contribution is -0.148. The molecule has 3 atom stereocenters. The van der Waals surface area contributed by atoms with Crippen LogP contribution in [-0.4, -0.2) is 72.1 Å². The van der Waals surface area contributed by atoms with Gasteiger partial charge in [0.25, 0.3) is 0 Å². The van der Waals surface area contributed by atoms with Crippen molar-refractivity contribution in [2.75, 3.05) is 33.3 Å². The van der Waals surface area contributed by atoms with Gasteiger partial charge in [-0.05, 0) is 31.6 Å². The fourth-order valence-corrected chi connectivity index (χ4v) is 3.61. The van der Waals surface area contributed by atoms with Gasteiger partial charge in [0, 0.05) is 20.1 Å². The second-order valence-electron chi connectivity index (χ2n) is 7.38. The van der Waals surface area contributed by atoms with E-state index >= 15 is 0 Å². The zero-order valence-electron chi connectivity index (χ0n) is 15.3. The molecule has 2 aliphatic rings. The van der Waals surface area contributed by atoms with Gasteiger partial charge in [-0.15, -0.1) is 0 Å². The largest absolute Gasteiger partial charge is 0.481 e. The molecule has 1 N–H and O–H groups in total. The Morgan fingerprint density at radius 2 is 1.88 bits per heavy atom. The third kappa shape index (κ3) is 5.70. The molecule has 7 nitrogen and oxygen atoms in total. The Kier molecular flexibility index (Phi) is 7.23. The number of likely N-dealkylation sites (tertiary alicyclic amines) is 1. The van der Waals surface area contributed by atoms with Gasteiger partial charge in [0.2, 0.25) is 11.8 Å². The molecule has 0 aromatic carbocycles. The van der Waals surface area contributed by atoms with E-state index in [9.17, 15) is 14.4 Å². The molecule has 1 aliphatic carbocycles. The van der Waals surface area contributed by atoms with Crippen LogP contribution < -0.4 is 0 Å². The first-order valence-electron chi connectivity index (χ1n) is 9.24. The van der Waals surface area contributed by atoms with Gasteiger partial charge in [0.1, 0.15) is 6.61 Å². The predicted molar refractivity (Wildman–Crippen MR) is 91.9 cm³/mol. The summed E-state index contributed by atoms with van der Waals surface area (Å²) in [7, 11) is 1.59. The molecule has 0 radical (unpaired) electrons. The summed E-state index contributed by atoms with van der Waals surface area (Å²) in [6, 6.07) is 0. The lowest BCUT2D eigenvalue weighted by Gasteiger charge is -2.32. The van der Waals surface area contributed by atoms with Crippen molar-refractivity contribution < 1.29 is 24.2 Å². The first-order valence-corrected chi connectivity index (χ1v) is 9.24. The molecule has 1 heterocycles. The highest BCUT2D eigenvalue weighted by Gasteiger charge is 2.29. The number of likely N-dealkylation sites (N-methyl/N-ethyl adjacent to an activating group) is 1. The first-order chi connectivity index (χ1) is 11.9. The van der Waals surface area contributed by atoms with Crippen molar-refractivity contribution in [2.45, 2.75) is 51.6 Å². The molecular formula is C18H30N2O5. The topological polar surface area (TPSA) is 87.2 Å². The number of carbonyl (C=O) groups is 3. The predicted octanol–water partition coefficient (Wildman–Crippen LogP) is 1.36. The minimum atomic E-state index is -0.864. The molecule has 1 saturated carbocycles. The Balaban J connectivity index is 1.75. The van der Waals surface area contributed by atoms with Crippen molar-refractivity contribution in [3.8, 4) is 0 Å². The molecule has 0 aromatic rings. The third-order valence-corrected chi connectivity index (χ3v) is 5.38. The molecule has 1 aliphatic heterocycles. The van der Waals surface area contributed by atoms with E-state index in [0.717, 1.165) is 19.3 Å². The average molecular weight is 354 g/mol. The molecule has 2 rings (SSSR count). The van der Waals surface area contributed by atoms with Gasteiger partial charge >= 0.3 is 5.97 Å². The number of hydrogen-bond donors (Lipinski definition) is 1. The number of carboxylic acids is 1. The van der Waals surface area contributed by atoms with Crippen LogP contribution in [-0.2, 0) is 19.1 Å². The summed E-state index contributed by atoms with van der Waals surface area (Å²) in [6.45, 7) is 2.90. The Morgan fingerprint density at radius 3 is 2.56 bits per heavy atom. The average Bonchev–Trinajstić information content (AvgIpc) is 2.60. The van der Waals surface area contributed by atoms with E-state index < -0.39 is 11.9 Å². The monoisotopic (exact) mass is 354 g/mol. The number of ether oxygens (including phenoxy) is 1. The van der Waals surface area contributed by atoms with Crippen molar-refractivity contribution in [3.05, 3.63) is 0 Å². The number of piperidine rings is 1.